The molecule has 0 aliphatic heterocycles. The summed E-state index contributed by atoms with van der Waals surface area (Å²) in [6, 6.07) is 4.83. The lowest BCUT2D eigenvalue weighted by atomic mass is 10.1. The van der Waals surface area contributed by atoms with Crippen molar-refractivity contribution in [2.45, 2.75) is 38.6 Å². The summed E-state index contributed by atoms with van der Waals surface area (Å²) in [7, 11) is 1.60. The highest BCUT2D eigenvalue weighted by Crippen LogP contribution is 2.34. The van der Waals surface area contributed by atoms with Crippen molar-refractivity contribution in [2.75, 3.05) is 12.4 Å². The maximum atomic E-state index is 12.4. The Morgan fingerprint density at radius 3 is 2.71 bits per heavy atom. The molecule has 0 radical (unpaired) electrons. The third-order valence-electron chi connectivity index (χ3n) is 3.88. The highest BCUT2D eigenvalue weighted by Gasteiger charge is 2.28. The third-order valence-corrected chi connectivity index (χ3v) is 3.88. The molecule has 2 N–H and O–H groups in total. The lowest BCUT2D eigenvalue weighted by molar-refractivity contribution is -0.384. The van der Waals surface area contributed by atoms with E-state index >= 15 is 0 Å². The number of carbonyl (C=O) groups is 1. The number of hydrogen-bond acceptors (Lipinski definition) is 4. The summed E-state index contributed by atoms with van der Waals surface area (Å²) in [6.45, 7) is 2.02. The van der Waals surface area contributed by atoms with Crippen molar-refractivity contribution in [2.24, 2.45) is 5.92 Å². The minimum Gasteiger partial charge on any atom is -0.383 e. The van der Waals surface area contributed by atoms with Gasteiger partial charge in [-0.2, -0.15) is 0 Å². The van der Waals surface area contributed by atoms with E-state index in [9.17, 15) is 14.9 Å². The molecule has 2 rings (SSSR count). The molecule has 1 saturated carbocycles. The van der Waals surface area contributed by atoms with Crippen LogP contribution in [0.2, 0.25) is 0 Å². The molecule has 0 aromatic heterocycles. The second-order valence-electron chi connectivity index (χ2n) is 5.47. The zero-order valence-electron chi connectivity index (χ0n) is 12.4. The molecule has 0 heterocycles. The molecular formula is C15H21N3O3. The molecule has 0 saturated heterocycles. The fourth-order valence-electron chi connectivity index (χ4n) is 2.47. The van der Waals surface area contributed by atoms with Gasteiger partial charge in [-0.25, -0.2) is 0 Å². The number of amides is 1. The van der Waals surface area contributed by atoms with Gasteiger partial charge < -0.3 is 10.6 Å². The molecule has 6 heteroatoms. The standard InChI is InChI=1S/C15H21N3O3/c1-3-11(9-10-7-8-10)17-15(19)12-5-4-6-13(16-2)14(12)18(20)21/h4-6,10-11,16H,3,7-9H2,1-2H3,(H,17,19). The molecular weight excluding hydrogens is 270 g/mol. The summed E-state index contributed by atoms with van der Waals surface area (Å²) in [5, 5.41) is 16.9. The Morgan fingerprint density at radius 1 is 1.48 bits per heavy atom. The Hall–Kier alpha value is -2.11. The second-order valence-corrected chi connectivity index (χ2v) is 5.47. The van der Waals surface area contributed by atoms with E-state index in [0.717, 1.165) is 12.8 Å². The Balaban J connectivity index is 2.19. The summed E-state index contributed by atoms with van der Waals surface area (Å²) in [6.07, 6.45) is 4.24. The maximum absolute atomic E-state index is 12.4. The first-order valence-electron chi connectivity index (χ1n) is 7.32. The van der Waals surface area contributed by atoms with Gasteiger partial charge in [-0.05, 0) is 30.9 Å². The monoisotopic (exact) mass is 291 g/mol. The van der Waals surface area contributed by atoms with Gasteiger partial charge in [-0.3, -0.25) is 14.9 Å². The molecule has 1 aromatic rings. The fourth-order valence-corrected chi connectivity index (χ4v) is 2.47. The van der Waals surface area contributed by atoms with Crippen molar-refractivity contribution in [3.8, 4) is 0 Å². The smallest absolute Gasteiger partial charge is 0.305 e. The van der Waals surface area contributed by atoms with Gasteiger partial charge in [-0.15, -0.1) is 0 Å². The van der Waals surface area contributed by atoms with Crippen LogP contribution in [0.1, 0.15) is 43.0 Å². The zero-order chi connectivity index (χ0) is 15.4. The minimum atomic E-state index is -0.511. The van der Waals surface area contributed by atoms with Crippen LogP contribution in [0.5, 0.6) is 0 Å². The molecule has 21 heavy (non-hydrogen) atoms. The molecule has 0 bridgehead atoms. The van der Waals surface area contributed by atoms with Crippen LogP contribution in [-0.2, 0) is 0 Å². The number of rotatable bonds is 7. The van der Waals surface area contributed by atoms with Crippen LogP contribution in [-0.4, -0.2) is 23.9 Å². The van der Waals surface area contributed by atoms with E-state index in [1.807, 2.05) is 6.92 Å². The van der Waals surface area contributed by atoms with Crippen LogP contribution < -0.4 is 10.6 Å². The molecule has 114 valence electrons. The summed E-state index contributed by atoms with van der Waals surface area (Å²) in [5.41, 5.74) is 0.294. The summed E-state index contributed by atoms with van der Waals surface area (Å²) >= 11 is 0. The van der Waals surface area contributed by atoms with E-state index in [-0.39, 0.29) is 23.2 Å². The topological polar surface area (TPSA) is 84.3 Å². The predicted octanol–water partition coefficient (Wildman–Crippen LogP) is 2.95. The first-order chi connectivity index (χ1) is 10.1. The van der Waals surface area contributed by atoms with E-state index < -0.39 is 4.92 Å². The van der Waals surface area contributed by atoms with E-state index in [0.29, 0.717) is 11.6 Å². The van der Waals surface area contributed by atoms with Gasteiger partial charge in [0.15, 0.2) is 0 Å². The van der Waals surface area contributed by atoms with Crippen LogP contribution >= 0.6 is 0 Å². The number of benzene rings is 1. The van der Waals surface area contributed by atoms with Crippen molar-refractivity contribution >= 4 is 17.3 Å². The van der Waals surface area contributed by atoms with Gasteiger partial charge in [0, 0.05) is 13.1 Å². The predicted molar refractivity (Wildman–Crippen MR) is 81.5 cm³/mol. The molecule has 1 amide bonds. The van der Waals surface area contributed by atoms with Gasteiger partial charge in [0.2, 0.25) is 0 Å². The van der Waals surface area contributed by atoms with Crippen LogP contribution in [0.15, 0.2) is 18.2 Å². The van der Waals surface area contributed by atoms with Gasteiger partial charge in [0.1, 0.15) is 11.3 Å². The number of nitrogens with one attached hydrogen (secondary N) is 2. The average molecular weight is 291 g/mol. The molecule has 1 unspecified atom stereocenters. The average Bonchev–Trinajstić information content (AvgIpc) is 3.29. The summed E-state index contributed by atoms with van der Waals surface area (Å²) < 4.78 is 0. The van der Waals surface area contributed by atoms with Gasteiger partial charge in [-0.1, -0.05) is 25.8 Å². The molecule has 1 fully saturated rings. The summed E-state index contributed by atoms with van der Waals surface area (Å²) in [4.78, 5) is 23.1. The Kier molecular flexibility index (Phi) is 4.77. The first kappa shape index (κ1) is 15.3. The molecule has 1 atom stereocenters. The molecule has 1 aliphatic carbocycles. The number of para-hydroxylation sites is 1. The number of carbonyl (C=O) groups excluding carboxylic acids is 1. The fraction of sp³-hybridized carbons (Fsp3) is 0.533. The normalized spacial score (nSPS) is 15.3. The number of nitro benzene ring substituents is 1. The lowest BCUT2D eigenvalue weighted by Crippen LogP contribution is -2.35. The molecule has 1 aromatic carbocycles. The number of nitrogens with zero attached hydrogens (tertiary/aromatic N) is 1. The van der Waals surface area contributed by atoms with E-state index in [2.05, 4.69) is 10.6 Å². The van der Waals surface area contributed by atoms with Crippen LogP contribution in [0, 0.1) is 16.0 Å². The van der Waals surface area contributed by atoms with E-state index in [1.54, 1.807) is 19.2 Å². The number of nitro groups is 1. The van der Waals surface area contributed by atoms with Crippen LogP contribution in [0.4, 0.5) is 11.4 Å². The van der Waals surface area contributed by atoms with Gasteiger partial charge in [0.25, 0.3) is 5.91 Å². The van der Waals surface area contributed by atoms with Gasteiger partial charge >= 0.3 is 5.69 Å². The Labute approximate surface area is 124 Å². The summed E-state index contributed by atoms with van der Waals surface area (Å²) in [5.74, 6) is 0.333. The maximum Gasteiger partial charge on any atom is 0.305 e. The van der Waals surface area contributed by atoms with E-state index in [4.69, 9.17) is 0 Å². The highest BCUT2D eigenvalue weighted by molar-refractivity contribution is 6.00. The second kappa shape index (κ2) is 6.56. The van der Waals surface area contributed by atoms with Crippen molar-refractivity contribution in [1.29, 1.82) is 0 Å². The van der Waals surface area contributed by atoms with Crippen molar-refractivity contribution < 1.29 is 9.72 Å². The van der Waals surface area contributed by atoms with Crippen LogP contribution in [0.25, 0.3) is 0 Å². The van der Waals surface area contributed by atoms with E-state index in [1.165, 1.54) is 18.9 Å². The molecule has 0 spiro atoms. The zero-order valence-corrected chi connectivity index (χ0v) is 12.4. The lowest BCUT2D eigenvalue weighted by Gasteiger charge is -2.17. The first-order valence-corrected chi connectivity index (χ1v) is 7.32. The number of anilines is 1. The Bertz CT molecular complexity index is 541. The van der Waals surface area contributed by atoms with Crippen molar-refractivity contribution in [3.63, 3.8) is 0 Å². The molecule has 6 nitrogen and oxygen atoms in total. The van der Waals surface area contributed by atoms with Gasteiger partial charge in [0.05, 0.1) is 4.92 Å². The Morgan fingerprint density at radius 2 is 2.19 bits per heavy atom. The van der Waals surface area contributed by atoms with Crippen molar-refractivity contribution in [3.05, 3.63) is 33.9 Å². The largest absolute Gasteiger partial charge is 0.383 e. The molecule has 1 aliphatic rings. The minimum absolute atomic E-state index is 0.0860. The quantitative estimate of drug-likeness (QED) is 0.597. The highest BCUT2D eigenvalue weighted by atomic mass is 16.6. The number of hydrogen-bond donors (Lipinski definition) is 2. The third kappa shape index (κ3) is 3.71. The van der Waals surface area contributed by atoms with Crippen molar-refractivity contribution in [1.82, 2.24) is 5.32 Å². The SMILES string of the molecule is CCC(CC1CC1)NC(=O)c1cccc(NC)c1[N+](=O)[O-]. The van der Waals surface area contributed by atoms with Crippen LogP contribution in [0.3, 0.4) is 0 Å².